The van der Waals surface area contributed by atoms with Gasteiger partial charge in [0.1, 0.15) is 0 Å². The molecule has 1 heterocycles. The van der Waals surface area contributed by atoms with Gasteiger partial charge in [0.15, 0.2) is 0 Å². The Morgan fingerprint density at radius 2 is 1.95 bits per heavy atom. The Morgan fingerprint density at radius 3 is 2.45 bits per heavy atom. The minimum Gasteiger partial charge on any atom is -0.481 e. The molecule has 5 nitrogen and oxygen atoms in total. The Hall–Kier alpha value is -1.39. The minimum absolute atomic E-state index is 0.0788. The molecule has 2 fully saturated rings. The monoisotopic (exact) mass is 281 g/mol. The number of carboxylic acid groups (broad SMARTS) is 1. The second-order valence-corrected chi connectivity index (χ2v) is 6.11. The van der Waals surface area contributed by atoms with Crippen molar-refractivity contribution in [3.63, 3.8) is 0 Å². The summed E-state index contributed by atoms with van der Waals surface area (Å²) in [5, 5.41) is 9.20. The lowest BCUT2D eigenvalue weighted by Crippen LogP contribution is -2.40. The van der Waals surface area contributed by atoms with Gasteiger partial charge in [-0.1, -0.05) is 20.3 Å². The maximum absolute atomic E-state index is 12.5. The molecule has 0 radical (unpaired) electrons. The lowest BCUT2D eigenvalue weighted by Gasteiger charge is -2.26. The largest absolute Gasteiger partial charge is 0.481 e. The van der Waals surface area contributed by atoms with Crippen molar-refractivity contribution in [2.45, 2.75) is 52.4 Å². The van der Waals surface area contributed by atoms with Crippen molar-refractivity contribution in [1.29, 1.82) is 0 Å². The molecule has 2 rings (SSSR count). The predicted molar refractivity (Wildman–Crippen MR) is 72.8 cm³/mol. The molecule has 2 amide bonds. The van der Waals surface area contributed by atoms with Crippen LogP contribution < -0.4 is 0 Å². The van der Waals surface area contributed by atoms with Gasteiger partial charge >= 0.3 is 5.97 Å². The molecule has 2 atom stereocenters. The topological polar surface area (TPSA) is 74.7 Å². The molecule has 0 aromatic carbocycles. The van der Waals surface area contributed by atoms with Crippen molar-refractivity contribution >= 4 is 17.8 Å². The Bertz CT molecular complexity index is 428. The maximum atomic E-state index is 12.5. The van der Waals surface area contributed by atoms with Gasteiger partial charge in [-0.15, -0.1) is 0 Å². The number of hydrogen-bond acceptors (Lipinski definition) is 3. The summed E-state index contributed by atoms with van der Waals surface area (Å²) in [7, 11) is 0. The van der Waals surface area contributed by atoms with E-state index in [2.05, 4.69) is 0 Å². The second kappa shape index (κ2) is 5.54. The number of imide groups is 1. The first-order valence-electron chi connectivity index (χ1n) is 7.52. The lowest BCUT2D eigenvalue weighted by molar-refractivity contribution is -0.147. The number of rotatable bonds is 5. The van der Waals surface area contributed by atoms with Gasteiger partial charge in [0.05, 0.1) is 11.3 Å². The van der Waals surface area contributed by atoms with Crippen LogP contribution in [0.15, 0.2) is 0 Å². The summed E-state index contributed by atoms with van der Waals surface area (Å²) in [6.07, 6.45) is 3.92. The van der Waals surface area contributed by atoms with Crippen molar-refractivity contribution in [2.24, 2.45) is 17.3 Å². The van der Waals surface area contributed by atoms with Crippen LogP contribution in [0.3, 0.4) is 0 Å². The van der Waals surface area contributed by atoms with Gasteiger partial charge in [-0.3, -0.25) is 19.3 Å². The van der Waals surface area contributed by atoms with Crippen LogP contribution in [0, 0.1) is 17.3 Å². The van der Waals surface area contributed by atoms with Crippen molar-refractivity contribution in [2.75, 3.05) is 6.54 Å². The van der Waals surface area contributed by atoms with Crippen LogP contribution in [0.2, 0.25) is 0 Å². The molecule has 1 saturated carbocycles. The third-order valence-electron chi connectivity index (χ3n) is 5.24. The van der Waals surface area contributed by atoms with Crippen molar-refractivity contribution in [3.05, 3.63) is 0 Å². The van der Waals surface area contributed by atoms with Crippen LogP contribution in [0.5, 0.6) is 0 Å². The predicted octanol–water partition coefficient (Wildman–Crippen LogP) is 2.05. The number of amides is 2. The summed E-state index contributed by atoms with van der Waals surface area (Å²) < 4.78 is 0. The SMILES string of the molecule is CCC1(CC)CC(=O)N(CC2CCCC2C(=O)O)C1=O. The molecule has 0 aromatic heterocycles. The van der Waals surface area contributed by atoms with Crippen molar-refractivity contribution in [3.8, 4) is 0 Å². The van der Waals surface area contributed by atoms with E-state index in [0.29, 0.717) is 19.3 Å². The zero-order valence-corrected chi connectivity index (χ0v) is 12.2. The van der Waals surface area contributed by atoms with E-state index in [1.54, 1.807) is 0 Å². The first kappa shape index (κ1) is 15.0. The van der Waals surface area contributed by atoms with E-state index in [1.807, 2.05) is 13.8 Å². The summed E-state index contributed by atoms with van der Waals surface area (Å²) in [6, 6.07) is 0. The Labute approximate surface area is 119 Å². The van der Waals surface area contributed by atoms with E-state index in [4.69, 9.17) is 0 Å². The zero-order chi connectivity index (χ0) is 14.9. The molecular weight excluding hydrogens is 258 g/mol. The molecule has 0 bridgehead atoms. The van der Waals surface area contributed by atoms with Crippen LogP contribution in [0.1, 0.15) is 52.4 Å². The van der Waals surface area contributed by atoms with Gasteiger partial charge in [-0.25, -0.2) is 0 Å². The molecule has 20 heavy (non-hydrogen) atoms. The van der Waals surface area contributed by atoms with Gasteiger partial charge in [-0.2, -0.15) is 0 Å². The van der Waals surface area contributed by atoms with E-state index in [1.165, 1.54) is 4.90 Å². The molecule has 1 saturated heterocycles. The van der Waals surface area contributed by atoms with Gasteiger partial charge in [0.2, 0.25) is 11.8 Å². The molecule has 2 unspecified atom stereocenters. The second-order valence-electron chi connectivity index (χ2n) is 6.11. The highest BCUT2D eigenvalue weighted by Crippen LogP contribution is 2.41. The standard InChI is InChI=1S/C15H23NO4/c1-3-15(4-2)8-12(17)16(14(15)20)9-10-6-5-7-11(10)13(18)19/h10-11H,3-9H2,1-2H3,(H,18,19). The van der Waals surface area contributed by atoms with E-state index in [-0.39, 0.29) is 30.7 Å². The van der Waals surface area contributed by atoms with Crippen LogP contribution in [0.4, 0.5) is 0 Å². The van der Waals surface area contributed by atoms with E-state index in [9.17, 15) is 19.5 Å². The molecule has 2 aliphatic rings. The summed E-state index contributed by atoms with van der Waals surface area (Å²) in [5.41, 5.74) is -0.547. The van der Waals surface area contributed by atoms with E-state index < -0.39 is 17.3 Å². The Kier molecular flexibility index (Phi) is 4.16. The third-order valence-corrected chi connectivity index (χ3v) is 5.24. The summed E-state index contributed by atoms with van der Waals surface area (Å²) in [5.74, 6) is -1.51. The van der Waals surface area contributed by atoms with E-state index >= 15 is 0 Å². The number of carboxylic acids is 1. The average Bonchev–Trinajstić information content (AvgIpc) is 2.97. The van der Waals surface area contributed by atoms with Crippen molar-refractivity contribution < 1.29 is 19.5 Å². The highest BCUT2D eigenvalue weighted by molar-refractivity contribution is 6.05. The minimum atomic E-state index is -0.802. The van der Waals surface area contributed by atoms with Gasteiger partial charge < -0.3 is 5.11 Å². The van der Waals surface area contributed by atoms with Crippen LogP contribution >= 0.6 is 0 Å². The lowest BCUT2D eigenvalue weighted by atomic mass is 9.81. The maximum Gasteiger partial charge on any atom is 0.306 e. The smallest absolute Gasteiger partial charge is 0.306 e. The van der Waals surface area contributed by atoms with Crippen molar-refractivity contribution in [1.82, 2.24) is 4.90 Å². The fraction of sp³-hybridized carbons (Fsp3) is 0.800. The first-order chi connectivity index (χ1) is 9.45. The number of carbonyl (C=O) groups excluding carboxylic acids is 2. The molecule has 1 aliphatic carbocycles. The summed E-state index contributed by atoms with van der Waals surface area (Å²) >= 11 is 0. The van der Waals surface area contributed by atoms with Crippen LogP contribution in [0.25, 0.3) is 0 Å². The first-order valence-corrected chi connectivity index (χ1v) is 7.52. The van der Waals surface area contributed by atoms with Gasteiger partial charge in [-0.05, 0) is 31.6 Å². The average molecular weight is 281 g/mol. The highest BCUT2D eigenvalue weighted by Gasteiger charge is 2.50. The molecule has 1 aliphatic heterocycles. The fourth-order valence-electron chi connectivity index (χ4n) is 3.66. The fourth-order valence-corrected chi connectivity index (χ4v) is 3.66. The molecule has 112 valence electrons. The number of likely N-dealkylation sites (tertiary alicyclic amines) is 1. The normalized spacial score (nSPS) is 29.2. The van der Waals surface area contributed by atoms with Gasteiger partial charge in [0, 0.05) is 13.0 Å². The number of carbonyl (C=O) groups is 3. The number of hydrogen-bond donors (Lipinski definition) is 1. The Morgan fingerprint density at radius 1 is 1.30 bits per heavy atom. The molecule has 5 heteroatoms. The Balaban J connectivity index is 2.12. The number of aliphatic carboxylic acids is 1. The quantitative estimate of drug-likeness (QED) is 0.783. The van der Waals surface area contributed by atoms with Gasteiger partial charge in [0.25, 0.3) is 0 Å². The highest BCUT2D eigenvalue weighted by atomic mass is 16.4. The summed E-state index contributed by atoms with van der Waals surface area (Å²) in [6.45, 7) is 4.16. The molecule has 0 aromatic rings. The summed E-state index contributed by atoms with van der Waals surface area (Å²) in [4.78, 5) is 37.2. The molecule has 1 N–H and O–H groups in total. The van der Waals surface area contributed by atoms with Crippen LogP contribution in [-0.4, -0.2) is 34.3 Å². The third kappa shape index (κ3) is 2.34. The molecule has 0 spiro atoms. The molecular formula is C15H23NO4. The number of nitrogens with zero attached hydrogens (tertiary/aromatic N) is 1. The van der Waals surface area contributed by atoms with Crippen LogP contribution in [-0.2, 0) is 14.4 Å². The zero-order valence-electron chi connectivity index (χ0n) is 12.2. The van der Waals surface area contributed by atoms with E-state index in [0.717, 1.165) is 12.8 Å².